The molecule has 2 aliphatic carbocycles. The van der Waals surface area contributed by atoms with Crippen molar-refractivity contribution >= 4 is 5.78 Å². The number of halogens is 1. The molecule has 0 aromatic heterocycles. The van der Waals surface area contributed by atoms with Gasteiger partial charge in [0, 0.05) is 12.3 Å². The smallest absolute Gasteiger partial charge is 0.136 e. The van der Waals surface area contributed by atoms with Gasteiger partial charge in [0.05, 0.1) is 6.17 Å². The molecule has 0 radical (unpaired) electrons. The second kappa shape index (κ2) is 4.46. The van der Waals surface area contributed by atoms with Crippen molar-refractivity contribution in [2.45, 2.75) is 65.0 Å². The number of alkyl halides is 1. The summed E-state index contributed by atoms with van der Waals surface area (Å²) in [5, 5.41) is 0. The van der Waals surface area contributed by atoms with Gasteiger partial charge in [-0.25, -0.2) is 4.39 Å². The Morgan fingerprint density at radius 2 is 2.25 bits per heavy atom. The molecule has 2 saturated carbocycles. The summed E-state index contributed by atoms with van der Waals surface area (Å²) in [5.41, 5.74) is 0.199. The molecule has 0 aromatic carbocycles. The van der Waals surface area contributed by atoms with Gasteiger partial charge in [0.1, 0.15) is 5.78 Å². The predicted molar refractivity (Wildman–Crippen MR) is 63.0 cm³/mol. The number of Topliss-reactive ketones (excluding diaryl/α,β-unsaturated/α-hetero) is 1. The molecule has 0 aromatic rings. The first-order valence-corrected chi connectivity index (χ1v) is 6.71. The highest BCUT2D eigenvalue weighted by Crippen LogP contribution is 2.55. The van der Waals surface area contributed by atoms with Gasteiger partial charge >= 0.3 is 0 Å². The largest absolute Gasteiger partial charge is 0.299 e. The third kappa shape index (κ3) is 2.03. The first-order valence-electron chi connectivity index (χ1n) is 6.71. The third-order valence-corrected chi connectivity index (χ3v) is 4.97. The molecule has 1 nitrogen and oxygen atoms in total. The summed E-state index contributed by atoms with van der Waals surface area (Å²) in [5.74, 6) is 1.35. The van der Waals surface area contributed by atoms with Gasteiger partial charge in [-0.2, -0.15) is 0 Å². The summed E-state index contributed by atoms with van der Waals surface area (Å²) in [6.45, 7) is 3.91. The van der Waals surface area contributed by atoms with Crippen LogP contribution in [-0.4, -0.2) is 12.0 Å². The second-order valence-electron chi connectivity index (χ2n) is 6.01. The Morgan fingerprint density at radius 3 is 2.94 bits per heavy atom. The Balaban J connectivity index is 2.03. The Kier molecular flexibility index (Phi) is 3.37. The lowest BCUT2D eigenvalue weighted by molar-refractivity contribution is -0.129. The third-order valence-electron chi connectivity index (χ3n) is 4.97. The maximum atomic E-state index is 12.9. The lowest BCUT2D eigenvalue weighted by Gasteiger charge is -2.40. The Bertz CT molecular complexity index is 274. The monoisotopic (exact) mass is 226 g/mol. The SMILES string of the molecule is CC(F)CCC1CCC2C(=O)CCCC12C. The zero-order valence-electron chi connectivity index (χ0n) is 10.5. The first kappa shape index (κ1) is 12.1. The second-order valence-corrected chi connectivity index (χ2v) is 6.01. The highest BCUT2D eigenvalue weighted by atomic mass is 19.1. The van der Waals surface area contributed by atoms with Crippen LogP contribution in [0.2, 0.25) is 0 Å². The van der Waals surface area contributed by atoms with Gasteiger partial charge < -0.3 is 0 Å². The maximum absolute atomic E-state index is 12.9. The highest BCUT2D eigenvalue weighted by Gasteiger charge is 2.50. The van der Waals surface area contributed by atoms with E-state index < -0.39 is 6.17 Å². The molecule has 0 amide bonds. The van der Waals surface area contributed by atoms with E-state index in [2.05, 4.69) is 6.92 Å². The minimum absolute atomic E-state index is 0.199. The quantitative estimate of drug-likeness (QED) is 0.713. The summed E-state index contributed by atoms with van der Waals surface area (Å²) < 4.78 is 12.9. The summed E-state index contributed by atoms with van der Waals surface area (Å²) in [4.78, 5) is 11.9. The van der Waals surface area contributed by atoms with Crippen molar-refractivity contribution in [3.8, 4) is 0 Å². The van der Waals surface area contributed by atoms with E-state index in [-0.39, 0.29) is 5.41 Å². The van der Waals surface area contributed by atoms with Gasteiger partial charge in [-0.15, -0.1) is 0 Å². The molecule has 0 N–H and O–H groups in total. The number of hydrogen-bond donors (Lipinski definition) is 0. The summed E-state index contributed by atoms with van der Waals surface area (Å²) in [6, 6.07) is 0. The molecule has 0 heterocycles. The van der Waals surface area contributed by atoms with Crippen LogP contribution in [0.5, 0.6) is 0 Å². The van der Waals surface area contributed by atoms with E-state index in [9.17, 15) is 9.18 Å². The van der Waals surface area contributed by atoms with E-state index in [1.807, 2.05) is 0 Å². The zero-order chi connectivity index (χ0) is 11.8. The Labute approximate surface area is 97.8 Å². The van der Waals surface area contributed by atoms with Crippen LogP contribution in [0.3, 0.4) is 0 Å². The fourth-order valence-electron chi connectivity index (χ4n) is 3.94. The van der Waals surface area contributed by atoms with E-state index >= 15 is 0 Å². The van der Waals surface area contributed by atoms with Crippen molar-refractivity contribution in [3.63, 3.8) is 0 Å². The fraction of sp³-hybridized carbons (Fsp3) is 0.929. The zero-order valence-corrected chi connectivity index (χ0v) is 10.5. The minimum atomic E-state index is -0.693. The van der Waals surface area contributed by atoms with E-state index in [4.69, 9.17) is 0 Å². The van der Waals surface area contributed by atoms with Gasteiger partial charge in [0.15, 0.2) is 0 Å². The van der Waals surface area contributed by atoms with Crippen LogP contribution in [0.15, 0.2) is 0 Å². The molecular weight excluding hydrogens is 203 g/mol. The number of hydrogen-bond acceptors (Lipinski definition) is 1. The minimum Gasteiger partial charge on any atom is -0.299 e. The summed E-state index contributed by atoms with van der Waals surface area (Å²) in [7, 11) is 0. The van der Waals surface area contributed by atoms with Crippen molar-refractivity contribution in [1.29, 1.82) is 0 Å². The van der Waals surface area contributed by atoms with Crippen LogP contribution in [0.4, 0.5) is 4.39 Å². The van der Waals surface area contributed by atoms with Crippen LogP contribution in [0.25, 0.3) is 0 Å². The lowest BCUT2D eigenvalue weighted by Crippen LogP contribution is -2.37. The van der Waals surface area contributed by atoms with Crippen molar-refractivity contribution in [2.24, 2.45) is 17.3 Å². The normalized spacial score (nSPS) is 40.8. The van der Waals surface area contributed by atoms with Crippen molar-refractivity contribution < 1.29 is 9.18 Å². The standard InChI is InChI=1S/C14H23FO/c1-10(15)5-6-11-7-8-12-13(16)4-3-9-14(11,12)2/h10-12H,3-9H2,1-2H3. The molecule has 92 valence electrons. The van der Waals surface area contributed by atoms with Gasteiger partial charge in [-0.05, 0) is 56.8 Å². The van der Waals surface area contributed by atoms with E-state index in [1.165, 1.54) is 6.42 Å². The molecule has 16 heavy (non-hydrogen) atoms. The van der Waals surface area contributed by atoms with Crippen LogP contribution in [0.1, 0.15) is 58.8 Å². The number of carbonyl (C=O) groups is 1. The number of carbonyl (C=O) groups excluding carboxylic acids is 1. The molecular formula is C14H23FO. The average molecular weight is 226 g/mol. The fourth-order valence-corrected chi connectivity index (χ4v) is 3.94. The van der Waals surface area contributed by atoms with Gasteiger partial charge in [0.25, 0.3) is 0 Å². The summed E-state index contributed by atoms with van der Waals surface area (Å²) >= 11 is 0. The van der Waals surface area contributed by atoms with Crippen LogP contribution in [0, 0.1) is 17.3 Å². The molecule has 2 heteroatoms. The van der Waals surface area contributed by atoms with Crippen LogP contribution < -0.4 is 0 Å². The number of rotatable bonds is 3. The molecule has 2 aliphatic rings. The summed E-state index contributed by atoms with van der Waals surface area (Å²) in [6.07, 6.45) is 6.15. The van der Waals surface area contributed by atoms with Crippen molar-refractivity contribution in [3.05, 3.63) is 0 Å². The van der Waals surface area contributed by atoms with Crippen molar-refractivity contribution in [1.82, 2.24) is 0 Å². The van der Waals surface area contributed by atoms with E-state index in [0.29, 0.717) is 24.0 Å². The van der Waals surface area contributed by atoms with E-state index in [0.717, 1.165) is 32.1 Å². The maximum Gasteiger partial charge on any atom is 0.136 e. The molecule has 0 bridgehead atoms. The molecule has 0 saturated heterocycles. The molecule has 0 aliphatic heterocycles. The Hall–Kier alpha value is -0.400. The molecule has 4 atom stereocenters. The first-order chi connectivity index (χ1) is 7.54. The average Bonchev–Trinajstić information content (AvgIpc) is 2.53. The van der Waals surface area contributed by atoms with Crippen LogP contribution >= 0.6 is 0 Å². The van der Waals surface area contributed by atoms with Gasteiger partial charge in [-0.1, -0.05) is 6.92 Å². The van der Waals surface area contributed by atoms with Gasteiger partial charge in [0.2, 0.25) is 0 Å². The molecule has 2 fully saturated rings. The highest BCUT2D eigenvalue weighted by molar-refractivity contribution is 5.83. The van der Waals surface area contributed by atoms with Gasteiger partial charge in [-0.3, -0.25) is 4.79 Å². The van der Waals surface area contributed by atoms with Crippen molar-refractivity contribution in [2.75, 3.05) is 0 Å². The molecule has 0 spiro atoms. The Morgan fingerprint density at radius 1 is 1.50 bits per heavy atom. The molecule has 2 rings (SSSR count). The predicted octanol–water partition coefficient (Wildman–Crippen LogP) is 3.91. The van der Waals surface area contributed by atoms with Crippen LogP contribution in [-0.2, 0) is 4.79 Å². The number of fused-ring (bicyclic) bond motifs is 1. The molecule has 4 unspecified atom stereocenters. The lowest BCUT2D eigenvalue weighted by atomic mass is 9.64. The van der Waals surface area contributed by atoms with E-state index in [1.54, 1.807) is 6.92 Å². The topological polar surface area (TPSA) is 17.1 Å². The number of ketones is 1.